The van der Waals surface area contributed by atoms with E-state index in [0.29, 0.717) is 25.0 Å². The van der Waals surface area contributed by atoms with Gasteiger partial charge in [0, 0.05) is 24.2 Å². The van der Waals surface area contributed by atoms with E-state index < -0.39 is 5.82 Å². The summed E-state index contributed by atoms with van der Waals surface area (Å²) >= 11 is 5.63. The minimum Gasteiger partial charge on any atom is -0.484 e. The molecule has 10 heteroatoms. The molecule has 0 saturated heterocycles. The smallest absolute Gasteiger partial charge is 0.258 e. The van der Waals surface area contributed by atoms with Crippen LogP contribution in [0.3, 0.4) is 0 Å². The molecule has 1 aromatic carbocycles. The molecular weight excluding hydrogens is 427 g/mol. The first kappa shape index (κ1) is 21.4. The van der Waals surface area contributed by atoms with Crippen LogP contribution in [0.4, 0.5) is 4.39 Å². The third kappa shape index (κ3) is 4.19. The first-order chi connectivity index (χ1) is 14.6. The van der Waals surface area contributed by atoms with Crippen LogP contribution in [0.5, 0.6) is 11.5 Å². The number of aromatic nitrogens is 2. The molecular formula is C21H24ClFN4O4. The molecule has 0 atom stereocenters. The minimum atomic E-state index is -0.602. The first-order valence-corrected chi connectivity index (χ1v) is 10.3. The molecule has 0 unspecified atom stereocenters. The Kier molecular flexibility index (Phi) is 5.33. The maximum atomic E-state index is 13.4. The summed E-state index contributed by atoms with van der Waals surface area (Å²) in [5.41, 5.74) is 1.01. The number of nitrogens with one attached hydrogen (secondary N) is 2. The summed E-state index contributed by atoms with van der Waals surface area (Å²) in [6.45, 7) is 3.41. The molecule has 3 fully saturated rings. The minimum absolute atomic E-state index is 0.00545. The first-order valence-electron chi connectivity index (χ1n) is 9.93. The Morgan fingerprint density at radius 1 is 1.13 bits per heavy atom. The van der Waals surface area contributed by atoms with Gasteiger partial charge in [0.2, 0.25) is 0 Å². The quantitative estimate of drug-likeness (QED) is 0.643. The zero-order valence-electron chi connectivity index (χ0n) is 17.6. The van der Waals surface area contributed by atoms with Gasteiger partial charge in [-0.15, -0.1) is 0 Å². The fourth-order valence-electron chi connectivity index (χ4n) is 4.53. The van der Waals surface area contributed by atoms with Crippen LogP contribution in [0.15, 0.2) is 18.2 Å². The predicted octanol–water partition coefficient (Wildman–Crippen LogP) is 2.19. The number of aryl methyl sites for hydroxylation is 2. The molecule has 2 aromatic rings. The largest absolute Gasteiger partial charge is 0.484 e. The van der Waals surface area contributed by atoms with Crippen LogP contribution in [-0.4, -0.2) is 45.9 Å². The highest BCUT2D eigenvalue weighted by atomic mass is 35.5. The lowest BCUT2D eigenvalue weighted by Gasteiger charge is -2.70. The SMILES string of the molecule is Cc1nn(C)c(C)c1OCC(=O)NC12CC(NC(=O)COc3ccc(Cl)c(F)c3)(C1)C2. The van der Waals surface area contributed by atoms with Gasteiger partial charge in [-0.1, -0.05) is 11.6 Å². The Hall–Kier alpha value is -2.81. The highest BCUT2D eigenvalue weighted by Crippen LogP contribution is 2.60. The highest BCUT2D eigenvalue weighted by Gasteiger charge is 2.69. The summed E-state index contributed by atoms with van der Waals surface area (Å²) in [7, 11) is 1.82. The van der Waals surface area contributed by atoms with Gasteiger partial charge in [0.05, 0.1) is 10.7 Å². The zero-order valence-corrected chi connectivity index (χ0v) is 18.3. The fraction of sp³-hybridized carbons (Fsp3) is 0.476. The molecule has 0 aliphatic heterocycles. The maximum Gasteiger partial charge on any atom is 0.258 e. The summed E-state index contributed by atoms with van der Waals surface area (Å²) in [5, 5.41) is 10.2. The van der Waals surface area contributed by atoms with E-state index in [1.54, 1.807) is 4.68 Å². The van der Waals surface area contributed by atoms with Crippen molar-refractivity contribution in [1.82, 2.24) is 20.4 Å². The van der Waals surface area contributed by atoms with Crippen LogP contribution in [0.2, 0.25) is 5.02 Å². The van der Waals surface area contributed by atoms with Crippen molar-refractivity contribution >= 4 is 23.4 Å². The van der Waals surface area contributed by atoms with E-state index in [1.807, 2.05) is 20.9 Å². The zero-order chi connectivity index (χ0) is 22.4. The average Bonchev–Trinajstić information content (AvgIpc) is 2.90. The summed E-state index contributed by atoms with van der Waals surface area (Å²) in [5.74, 6) is -0.234. The molecule has 3 aliphatic carbocycles. The van der Waals surface area contributed by atoms with Gasteiger partial charge in [-0.2, -0.15) is 5.10 Å². The molecule has 166 valence electrons. The van der Waals surface area contributed by atoms with Gasteiger partial charge in [-0.3, -0.25) is 14.3 Å². The Balaban J connectivity index is 1.19. The van der Waals surface area contributed by atoms with Crippen molar-refractivity contribution in [3.8, 4) is 11.5 Å². The van der Waals surface area contributed by atoms with E-state index >= 15 is 0 Å². The van der Waals surface area contributed by atoms with E-state index in [1.165, 1.54) is 12.1 Å². The van der Waals surface area contributed by atoms with Crippen molar-refractivity contribution in [2.75, 3.05) is 13.2 Å². The number of carbonyl (C=O) groups excluding carboxylic acids is 2. The van der Waals surface area contributed by atoms with Crippen molar-refractivity contribution in [1.29, 1.82) is 0 Å². The second kappa shape index (κ2) is 7.71. The third-order valence-electron chi connectivity index (χ3n) is 5.89. The highest BCUT2D eigenvalue weighted by molar-refractivity contribution is 6.30. The van der Waals surface area contributed by atoms with Crippen LogP contribution in [0.25, 0.3) is 0 Å². The number of halogens is 2. The van der Waals surface area contributed by atoms with Crippen molar-refractivity contribution in [3.05, 3.63) is 40.4 Å². The maximum absolute atomic E-state index is 13.4. The van der Waals surface area contributed by atoms with Crippen LogP contribution in [0.1, 0.15) is 30.7 Å². The monoisotopic (exact) mass is 450 g/mol. The number of rotatable bonds is 8. The van der Waals surface area contributed by atoms with Crippen molar-refractivity contribution in [3.63, 3.8) is 0 Å². The molecule has 1 aromatic heterocycles. The van der Waals surface area contributed by atoms with Crippen LogP contribution in [-0.2, 0) is 16.6 Å². The summed E-state index contributed by atoms with van der Waals surface area (Å²) in [4.78, 5) is 24.5. The number of amides is 2. The topological polar surface area (TPSA) is 94.5 Å². The molecule has 1 heterocycles. The van der Waals surface area contributed by atoms with Gasteiger partial charge in [0.25, 0.3) is 11.8 Å². The number of hydrogen-bond acceptors (Lipinski definition) is 5. The summed E-state index contributed by atoms with van der Waals surface area (Å²) in [6.07, 6.45) is 1.99. The molecule has 2 amide bonds. The Morgan fingerprint density at radius 3 is 2.23 bits per heavy atom. The van der Waals surface area contributed by atoms with Crippen molar-refractivity contribution in [2.45, 2.75) is 44.2 Å². The van der Waals surface area contributed by atoms with Crippen LogP contribution in [0, 0.1) is 19.7 Å². The Bertz CT molecular complexity index is 1030. The molecule has 0 spiro atoms. The lowest BCUT2D eigenvalue weighted by molar-refractivity contribution is -0.151. The Morgan fingerprint density at radius 2 is 1.71 bits per heavy atom. The average molecular weight is 451 g/mol. The third-order valence-corrected chi connectivity index (χ3v) is 6.20. The van der Waals surface area contributed by atoms with Gasteiger partial charge in [-0.25, -0.2) is 4.39 Å². The number of nitrogens with zero attached hydrogens (tertiary/aromatic N) is 2. The van der Waals surface area contributed by atoms with Crippen LogP contribution < -0.4 is 20.1 Å². The van der Waals surface area contributed by atoms with Crippen molar-refractivity contribution in [2.24, 2.45) is 7.05 Å². The molecule has 3 saturated carbocycles. The fourth-order valence-corrected chi connectivity index (χ4v) is 4.65. The molecule has 31 heavy (non-hydrogen) atoms. The van der Waals surface area contributed by atoms with Crippen molar-refractivity contribution < 1.29 is 23.5 Å². The van der Waals surface area contributed by atoms with E-state index in [4.69, 9.17) is 21.1 Å². The van der Waals surface area contributed by atoms with Gasteiger partial charge < -0.3 is 20.1 Å². The standard InChI is InChI=1S/C21H24ClFN4O4/c1-12-19(13(2)27(3)26-12)31-8-18(29)25-21-9-20(10-21,11-21)24-17(28)7-30-14-4-5-15(22)16(23)6-14/h4-6H,7-11H2,1-3H3,(H,24,28)(H,25,29). The van der Waals surface area contributed by atoms with E-state index in [2.05, 4.69) is 15.7 Å². The second-order valence-electron chi connectivity index (χ2n) is 8.46. The number of carbonyl (C=O) groups is 2. The lowest BCUT2D eigenvalue weighted by Crippen LogP contribution is -2.84. The van der Waals surface area contributed by atoms with Gasteiger partial charge in [0.1, 0.15) is 17.3 Å². The lowest BCUT2D eigenvalue weighted by atomic mass is 9.44. The van der Waals surface area contributed by atoms with Gasteiger partial charge in [0.15, 0.2) is 19.0 Å². The van der Waals surface area contributed by atoms with Crippen LogP contribution >= 0.6 is 11.6 Å². The number of ether oxygens (including phenoxy) is 2. The number of benzene rings is 1. The summed E-state index contributed by atoms with van der Waals surface area (Å²) in [6, 6.07) is 4.01. The molecule has 5 rings (SSSR count). The van der Waals surface area contributed by atoms with E-state index in [9.17, 15) is 14.0 Å². The van der Waals surface area contributed by atoms with Gasteiger partial charge >= 0.3 is 0 Å². The molecule has 0 radical (unpaired) electrons. The van der Waals surface area contributed by atoms with E-state index in [0.717, 1.165) is 17.5 Å². The Labute approximate surface area is 184 Å². The molecule has 2 bridgehead atoms. The second-order valence-corrected chi connectivity index (χ2v) is 8.87. The number of hydrogen-bond donors (Lipinski definition) is 2. The molecule has 8 nitrogen and oxygen atoms in total. The van der Waals surface area contributed by atoms with E-state index in [-0.39, 0.29) is 46.9 Å². The van der Waals surface area contributed by atoms with Gasteiger partial charge in [-0.05, 0) is 45.2 Å². The summed E-state index contributed by atoms with van der Waals surface area (Å²) < 4.78 is 26.1. The predicted molar refractivity (Wildman–Crippen MR) is 111 cm³/mol. The molecule has 3 aliphatic rings. The normalized spacial score (nSPS) is 23.4. The molecule has 2 N–H and O–H groups in total.